The highest BCUT2D eigenvalue weighted by Gasteiger charge is 2.30. The molecule has 78 valence electrons. The number of amides is 1. The van der Waals surface area contributed by atoms with Crippen molar-refractivity contribution >= 4 is 23.5 Å². The molecule has 0 aromatic heterocycles. The normalized spacial score (nSPS) is 29.4. The highest BCUT2D eigenvalue weighted by atomic mass is 32.2. The van der Waals surface area contributed by atoms with Crippen LogP contribution in [0.5, 0.6) is 0 Å². The number of rotatable bonds is 1. The first-order valence-corrected chi connectivity index (χ1v) is 6.32. The van der Waals surface area contributed by atoms with Crippen LogP contribution in [0, 0.1) is 0 Å². The van der Waals surface area contributed by atoms with E-state index in [2.05, 4.69) is 0 Å². The Balaban J connectivity index is 1.95. The summed E-state index contributed by atoms with van der Waals surface area (Å²) in [5.41, 5.74) is 0. The van der Waals surface area contributed by atoms with Crippen molar-refractivity contribution in [1.29, 1.82) is 0 Å². The van der Waals surface area contributed by atoms with Gasteiger partial charge in [0.1, 0.15) is 5.78 Å². The van der Waals surface area contributed by atoms with Crippen molar-refractivity contribution in [2.45, 2.75) is 31.7 Å². The van der Waals surface area contributed by atoms with Gasteiger partial charge in [0.2, 0.25) is 5.91 Å². The highest BCUT2D eigenvalue weighted by Crippen LogP contribution is 2.24. The van der Waals surface area contributed by atoms with E-state index in [9.17, 15) is 9.59 Å². The van der Waals surface area contributed by atoms with Crippen molar-refractivity contribution in [2.75, 3.05) is 18.1 Å². The van der Waals surface area contributed by atoms with Crippen LogP contribution in [0.3, 0.4) is 0 Å². The van der Waals surface area contributed by atoms with Crippen LogP contribution in [0.15, 0.2) is 0 Å². The maximum Gasteiger partial charge on any atom is 0.230 e. The Hall–Kier alpha value is -0.510. The molecule has 2 fully saturated rings. The fourth-order valence-electron chi connectivity index (χ4n) is 2.08. The first-order chi connectivity index (χ1) is 6.77. The zero-order chi connectivity index (χ0) is 9.97. The molecule has 1 unspecified atom stereocenters. The van der Waals surface area contributed by atoms with Gasteiger partial charge in [0.25, 0.3) is 0 Å². The van der Waals surface area contributed by atoms with Gasteiger partial charge in [-0.3, -0.25) is 9.59 Å². The average molecular weight is 213 g/mol. The molecule has 2 aliphatic heterocycles. The van der Waals surface area contributed by atoms with Crippen LogP contribution >= 0.6 is 11.8 Å². The van der Waals surface area contributed by atoms with E-state index in [1.807, 2.05) is 16.7 Å². The SMILES string of the molecule is O=C1CCN(C2CCCSC2)C(=O)C1. The number of carbonyl (C=O) groups excluding carboxylic acids is 2. The Labute approximate surface area is 88.2 Å². The number of hydrogen-bond donors (Lipinski definition) is 0. The maximum absolute atomic E-state index is 11.6. The molecule has 0 aliphatic carbocycles. The van der Waals surface area contributed by atoms with Crippen LogP contribution < -0.4 is 0 Å². The molecule has 2 saturated heterocycles. The van der Waals surface area contributed by atoms with Crippen LogP contribution in [0.25, 0.3) is 0 Å². The molecule has 1 atom stereocenters. The van der Waals surface area contributed by atoms with Crippen molar-refractivity contribution in [2.24, 2.45) is 0 Å². The second kappa shape index (κ2) is 4.34. The maximum atomic E-state index is 11.6. The summed E-state index contributed by atoms with van der Waals surface area (Å²) in [5.74, 6) is 2.43. The van der Waals surface area contributed by atoms with Crippen LogP contribution in [0.1, 0.15) is 25.7 Å². The monoisotopic (exact) mass is 213 g/mol. The molecule has 0 saturated carbocycles. The minimum atomic E-state index is 0.0498. The molecule has 0 aromatic carbocycles. The third-order valence-corrected chi connectivity index (χ3v) is 4.08. The number of hydrogen-bond acceptors (Lipinski definition) is 3. The van der Waals surface area contributed by atoms with Gasteiger partial charge in [0.05, 0.1) is 6.42 Å². The minimum absolute atomic E-state index is 0.0498. The molecule has 2 heterocycles. The van der Waals surface area contributed by atoms with Crippen molar-refractivity contribution in [1.82, 2.24) is 4.90 Å². The van der Waals surface area contributed by atoms with E-state index in [4.69, 9.17) is 0 Å². The molecule has 1 amide bonds. The minimum Gasteiger partial charge on any atom is -0.338 e. The van der Waals surface area contributed by atoms with Gasteiger partial charge in [0.15, 0.2) is 0 Å². The molecule has 2 aliphatic rings. The number of nitrogens with zero attached hydrogens (tertiary/aromatic N) is 1. The van der Waals surface area contributed by atoms with Crippen LogP contribution in [-0.4, -0.2) is 40.7 Å². The number of piperidine rings is 1. The summed E-state index contributed by atoms with van der Waals surface area (Å²) in [6, 6.07) is 0.398. The van der Waals surface area contributed by atoms with Gasteiger partial charge >= 0.3 is 0 Å². The van der Waals surface area contributed by atoms with E-state index < -0.39 is 0 Å². The quantitative estimate of drug-likeness (QED) is 0.612. The summed E-state index contributed by atoms with van der Waals surface area (Å²) in [6.45, 7) is 0.656. The highest BCUT2D eigenvalue weighted by molar-refractivity contribution is 7.99. The van der Waals surface area contributed by atoms with Crippen molar-refractivity contribution < 1.29 is 9.59 Å². The molecular formula is C10H15NO2S. The summed E-state index contributed by atoms with van der Waals surface area (Å²) in [4.78, 5) is 24.6. The lowest BCUT2D eigenvalue weighted by atomic mass is 10.0. The Morgan fingerprint density at radius 2 is 2.21 bits per heavy atom. The number of ketones is 1. The van der Waals surface area contributed by atoms with E-state index in [0.717, 1.165) is 12.2 Å². The summed E-state index contributed by atoms with van der Waals surface area (Å²) in [5, 5.41) is 0. The van der Waals surface area contributed by atoms with Gasteiger partial charge in [-0.2, -0.15) is 11.8 Å². The fourth-order valence-corrected chi connectivity index (χ4v) is 3.24. The van der Waals surface area contributed by atoms with Crippen LogP contribution in [0.4, 0.5) is 0 Å². The first kappa shape index (κ1) is 10.0. The third-order valence-electron chi connectivity index (χ3n) is 2.88. The Morgan fingerprint density at radius 3 is 2.86 bits per heavy atom. The van der Waals surface area contributed by atoms with Crippen molar-refractivity contribution in [3.05, 3.63) is 0 Å². The molecule has 3 nitrogen and oxygen atoms in total. The predicted molar refractivity (Wildman–Crippen MR) is 56.3 cm³/mol. The molecule has 14 heavy (non-hydrogen) atoms. The topological polar surface area (TPSA) is 37.4 Å². The van der Waals surface area contributed by atoms with Gasteiger partial charge in [-0.25, -0.2) is 0 Å². The average Bonchev–Trinajstić information content (AvgIpc) is 2.19. The van der Waals surface area contributed by atoms with E-state index in [1.165, 1.54) is 12.2 Å². The number of likely N-dealkylation sites (tertiary alicyclic amines) is 1. The van der Waals surface area contributed by atoms with E-state index in [1.54, 1.807) is 0 Å². The third kappa shape index (κ3) is 2.11. The fraction of sp³-hybridized carbons (Fsp3) is 0.800. The summed E-state index contributed by atoms with van der Waals surface area (Å²) < 4.78 is 0. The second-order valence-corrected chi connectivity index (χ2v) is 5.07. The lowest BCUT2D eigenvalue weighted by Crippen LogP contribution is -2.47. The van der Waals surface area contributed by atoms with Crippen LogP contribution in [-0.2, 0) is 9.59 Å². The molecule has 0 aromatic rings. The van der Waals surface area contributed by atoms with Gasteiger partial charge in [-0.15, -0.1) is 0 Å². The van der Waals surface area contributed by atoms with Crippen molar-refractivity contribution in [3.63, 3.8) is 0 Å². The Morgan fingerprint density at radius 1 is 1.36 bits per heavy atom. The largest absolute Gasteiger partial charge is 0.338 e. The summed E-state index contributed by atoms with van der Waals surface area (Å²) in [7, 11) is 0. The first-order valence-electron chi connectivity index (χ1n) is 5.16. The van der Waals surface area contributed by atoms with E-state index in [-0.39, 0.29) is 18.1 Å². The Bertz CT molecular complexity index is 249. The molecule has 4 heteroatoms. The molecular weight excluding hydrogens is 198 g/mol. The molecule has 0 radical (unpaired) electrons. The lowest BCUT2D eigenvalue weighted by Gasteiger charge is -2.36. The molecule has 0 spiro atoms. The van der Waals surface area contributed by atoms with Gasteiger partial charge in [-0.1, -0.05) is 0 Å². The van der Waals surface area contributed by atoms with E-state index >= 15 is 0 Å². The van der Waals surface area contributed by atoms with Gasteiger partial charge < -0.3 is 4.90 Å². The number of Topliss-reactive ketones (excluding diaryl/α,β-unsaturated/α-hetero) is 1. The zero-order valence-electron chi connectivity index (χ0n) is 8.20. The smallest absolute Gasteiger partial charge is 0.230 e. The van der Waals surface area contributed by atoms with Gasteiger partial charge in [-0.05, 0) is 18.6 Å². The zero-order valence-corrected chi connectivity index (χ0v) is 9.02. The predicted octanol–water partition coefficient (Wildman–Crippen LogP) is 1.07. The molecule has 0 N–H and O–H groups in total. The number of carbonyl (C=O) groups is 2. The van der Waals surface area contributed by atoms with Crippen molar-refractivity contribution in [3.8, 4) is 0 Å². The lowest BCUT2D eigenvalue weighted by molar-refractivity contribution is -0.141. The molecule has 2 rings (SSSR count). The Kier molecular flexibility index (Phi) is 3.11. The van der Waals surface area contributed by atoms with E-state index in [0.29, 0.717) is 19.0 Å². The summed E-state index contributed by atoms with van der Waals surface area (Å²) >= 11 is 1.92. The number of thioether (sulfide) groups is 1. The van der Waals surface area contributed by atoms with Gasteiger partial charge in [0, 0.05) is 24.8 Å². The second-order valence-electron chi connectivity index (χ2n) is 3.92. The van der Waals surface area contributed by atoms with Crippen LogP contribution in [0.2, 0.25) is 0 Å². The molecule has 0 bridgehead atoms. The standard InChI is InChI=1S/C10H15NO2S/c12-9-3-4-11(10(13)6-9)8-2-1-5-14-7-8/h8H,1-7H2. The summed E-state index contributed by atoms with van der Waals surface area (Å²) in [6.07, 6.45) is 3.02.